The molecule has 0 aromatic rings. The molecule has 2 unspecified atom stereocenters. The van der Waals surface area contributed by atoms with Gasteiger partial charge < -0.3 is 53.1 Å². The fraction of sp³-hybridized carbons (Fsp3) is 0.878. The van der Waals surface area contributed by atoms with Crippen LogP contribution >= 0.6 is 0 Å². The molecule has 10 aliphatic heterocycles. The molecule has 0 aromatic carbocycles. The van der Waals surface area contributed by atoms with E-state index in [1.54, 1.807) is 7.11 Å². The SMILES string of the molecule is C=C1C[C@@H]2CC[C@@]34CC5O[C@@H]6C(O[C@H]7CC[C@H](CC(=O)C[C@@H]8[C@@H](OC)[C@@H](C[C@H](O)CNC)O[C@H]8C[C@H]8O[C@@H](CC[C@@H]1O2)C[C@@H](C)C8=C)O[C@@H]7[C@@H]6O3)[C@H]5O4. The Morgan fingerprint density at radius 1 is 0.811 bits per heavy atom. The van der Waals surface area contributed by atoms with E-state index < -0.39 is 11.9 Å². The molecule has 0 amide bonds. The van der Waals surface area contributed by atoms with Crippen molar-refractivity contribution in [2.24, 2.45) is 11.8 Å². The summed E-state index contributed by atoms with van der Waals surface area (Å²) in [6, 6.07) is 0. The summed E-state index contributed by atoms with van der Waals surface area (Å²) in [7, 11) is 3.50. The average molecular weight is 744 g/mol. The minimum absolute atomic E-state index is 0.0111. The Morgan fingerprint density at radius 2 is 1.57 bits per heavy atom. The lowest BCUT2D eigenvalue weighted by Gasteiger charge is -2.47. The summed E-state index contributed by atoms with van der Waals surface area (Å²) in [5.74, 6) is -0.573. The normalized spacial score (nSPS) is 51.6. The number of carbonyl (C=O) groups excluding carboxylic acids is 1. The third kappa shape index (κ3) is 7.04. The summed E-state index contributed by atoms with van der Waals surface area (Å²) in [5.41, 5.74) is 2.22. The molecule has 10 fully saturated rings. The molecular weight excluding hydrogens is 682 g/mol. The van der Waals surface area contributed by atoms with Gasteiger partial charge in [-0.15, -0.1) is 0 Å². The zero-order chi connectivity index (χ0) is 36.6. The topological polar surface area (TPSA) is 132 Å². The van der Waals surface area contributed by atoms with Crippen molar-refractivity contribution in [2.75, 3.05) is 20.7 Å². The van der Waals surface area contributed by atoms with Gasteiger partial charge in [0.25, 0.3) is 0 Å². The van der Waals surface area contributed by atoms with E-state index in [4.69, 9.17) is 42.6 Å². The van der Waals surface area contributed by atoms with Crippen LogP contribution in [0.3, 0.4) is 0 Å². The number of fused-ring (bicyclic) bond motifs is 6. The summed E-state index contributed by atoms with van der Waals surface area (Å²) in [6.07, 6.45) is 5.30. The molecule has 10 aliphatic rings. The standard InChI is InChI=1S/C41H61NO11/c1-20-12-25-6-8-29-21(2)13-27(46-29)10-11-41-18-34-37(52-41)38-39(51-34)40(53-41)36-30(50-38)9-7-26(48-36)14-23(43)15-28-32(17-31(47-25)22(20)3)49-33(35(28)45-5)16-24(44)19-42-4/h20,24-40,42,44H,2-3,6-19H2,1,4-5H3/t20-,24+,25+,26-,27+,28+,29+,30+,31-,32+,33-,34?,35-,36+,37+,38?,39-,40+,41+/m1/s1. The molecule has 296 valence electrons. The molecule has 0 aliphatic carbocycles. The maximum absolute atomic E-state index is 14.1. The lowest BCUT2D eigenvalue weighted by molar-refractivity contribution is -0.292. The van der Waals surface area contributed by atoms with Gasteiger partial charge in [-0.3, -0.25) is 4.79 Å². The van der Waals surface area contributed by atoms with Crippen LogP contribution in [0.4, 0.5) is 0 Å². The van der Waals surface area contributed by atoms with Gasteiger partial charge in [-0.2, -0.15) is 0 Å². The van der Waals surface area contributed by atoms with Crippen LogP contribution in [0.25, 0.3) is 0 Å². The highest BCUT2D eigenvalue weighted by atomic mass is 16.8. The molecule has 0 saturated carbocycles. The Bertz CT molecular complexity index is 1400. The van der Waals surface area contributed by atoms with Crippen LogP contribution in [-0.4, -0.2) is 135 Å². The van der Waals surface area contributed by atoms with Gasteiger partial charge in [-0.05, 0) is 69.1 Å². The van der Waals surface area contributed by atoms with Crippen molar-refractivity contribution in [1.29, 1.82) is 0 Å². The van der Waals surface area contributed by atoms with Crippen molar-refractivity contribution in [2.45, 2.75) is 194 Å². The predicted octanol–water partition coefficient (Wildman–Crippen LogP) is 3.70. The molecule has 19 atom stereocenters. The van der Waals surface area contributed by atoms with Crippen LogP contribution in [-0.2, 0) is 47.4 Å². The number of nitrogens with one attached hydrogen (secondary N) is 1. The van der Waals surface area contributed by atoms with Crippen LogP contribution in [0.2, 0.25) is 0 Å². The number of aliphatic hydroxyl groups is 1. The number of carbonyl (C=O) groups is 1. The van der Waals surface area contributed by atoms with Crippen molar-refractivity contribution in [1.82, 2.24) is 5.32 Å². The Kier molecular flexibility index (Phi) is 10.5. The maximum Gasteiger partial charge on any atom is 0.172 e. The van der Waals surface area contributed by atoms with Gasteiger partial charge in [0, 0.05) is 58.1 Å². The van der Waals surface area contributed by atoms with E-state index in [9.17, 15) is 9.90 Å². The second-order valence-electron chi connectivity index (χ2n) is 17.7. The van der Waals surface area contributed by atoms with Gasteiger partial charge in [-0.1, -0.05) is 20.1 Å². The van der Waals surface area contributed by atoms with E-state index in [2.05, 4.69) is 25.4 Å². The van der Waals surface area contributed by atoms with Crippen LogP contribution in [0.5, 0.6) is 0 Å². The molecule has 10 heterocycles. The summed E-state index contributed by atoms with van der Waals surface area (Å²) in [4.78, 5) is 14.1. The average Bonchev–Trinajstić information content (AvgIpc) is 3.80. The van der Waals surface area contributed by atoms with E-state index in [-0.39, 0.29) is 109 Å². The summed E-state index contributed by atoms with van der Waals surface area (Å²) in [5, 5.41) is 13.8. The molecule has 12 heteroatoms. The highest BCUT2D eigenvalue weighted by molar-refractivity contribution is 5.79. The lowest BCUT2D eigenvalue weighted by atomic mass is 9.81. The number of Topliss-reactive ketones (excluding diaryl/α,β-unsaturated/α-hetero) is 1. The number of ether oxygens (including phenoxy) is 9. The minimum atomic E-state index is -0.777. The molecule has 12 nitrogen and oxygen atoms in total. The number of ketones is 1. The summed E-state index contributed by atoms with van der Waals surface area (Å²) < 4.78 is 60.2. The molecule has 12 bridgehead atoms. The van der Waals surface area contributed by atoms with Gasteiger partial charge in [0.2, 0.25) is 0 Å². The zero-order valence-electron chi connectivity index (χ0n) is 31.7. The molecule has 2 N–H and O–H groups in total. The van der Waals surface area contributed by atoms with Crippen LogP contribution < -0.4 is 5.32 Å². The third-order valence-corrected chi connectivity index (χ3v) is 14.1. The van der Waals surface area contributed by atoms with Gasteiger partial charge >= 0.3 is 0 Å². The Labute approximate surface area is 313 Å². The van der Waals surface area contributed by atoms with Gasteiger partial charge in [0.15, 0.2) is 5.79 Å². The first kappa shape index (κ1) is 37.3. The van der Waals surface area contributed by atoms with Crippen molar-refractivity contribution in [3.63, 3.8) is 0 Å². The second-order valence-corrected chi connectivity index (χ2v) is 17.7. The summed E-state index contributed by atoms with van der Waals surface area (Å²) >= 11 is 0. The molecule has 0 aromatic heterocycles. The van der Waals surface area contributed by atoms with E-state index in [0.717, 1.165) is 56.1 Å². The quantitative estimate of drug-likeness (QED) is 0.398. The first-order valence-corrected chi connectivity index (χ1v) is 20.6. The smallest absolute Gasteiger partial charge is 0.172 e. The lowest BCUT2D eigenvalue weighted by Crippen LogP contribution is -2.61. The van der Waals surface area contributed by atoms with Crippen molar-refractivity contribution < 1.29 is 52.5 Å². The number of rotatable bonds is 5. The van der Waals surface area contributed by atoms with E-state index >= 15 is 0 Å². The van der Waals surface area contributed by atoms with Crippen LogP contribution in [0.1, 0.15) is 90.4 Å². The predicted molar refractivity (Wildman–Crippen MR) is 191 cm³/mol. The number of methoxy groups -OCH3 is 1. The first-order valence-electron chi connectivity index (χ1n) is 20.6. The second kappa shape index (κ2) is 14.9. The Balaban J connectivity index is 0.990. The molecule has 10 saturated heterocycles. The highest BCUT2D eigenvalue weighted by Gasteiger charge is 2.68. The number of hydrogen-bond donors (Lipinski definition) is 2. The van der Waals surface area contributed by atoms with Crippen LogP contribution in [0.15, 0.2) is 24.3 Å². The minimum Gasteiger partial charge on any atom is -0.392 e. The number of hydrogen-bond acceptors (Lipinski definition) is 12. The molecular formula is C41H61NO11. The van der Waals surface area contributed by atoms with E-state index in [1.807, 2.05) is 7.05 Å². The number of aliphatic hydroxyl groups excluding tert-OH is 1. The van der Waals surface area contributed by atoms with Gasteiger partial charge in [0.1, 0.15) is 36.3 Å². The van der Waals surface area contributed by atoms with Crippen molar-refractivity contribution >= 4 is 5.78 Å². The fourth-order valence-corrected chi connectivity index (χ4v) is 11.5. The fourth-order valence-electron chi connectivity index (χ4n) is 11.5. The molecule has 53 heavy (non-hydrogen) atoms. The maximum atomic E-state index is 14.1. The number of likely N-dealkylation sites (N-methyl/N-ethyl adjacent to an activating group) is 1. The zero-order valence-corrected chi connectivity index (χ0v) is 31.7. The largest absolute Gasteiger partial charge is 0.392 e. The highest BCUT2D eigenvalue weighted by Crippen LogP contribution is 2.54. The summed E-state index contributed by atoms with van der Waals surface area (Å²) in [6.45, 7) is 11.6. The van der Waals surface area contributed by atoms with Crippen molar-refractivity contribution in [3.05, 3.63) is 24.3 Å². The molecule has 1 spiro atoms. The van der Waals surface area contributed by atoms with Crippen molar-refractivity contribution in [3.8, 4) is 0 Å². The Hall–Kier alpha value is -1.29. The Morgan fingerprint density at radius 3 is 2.40 bits per heavy atom. The molecule has 10 rings (SSSR count). The van der Waals surface area contributed by atoms with Gasteiger partial charge in [0.05, 0.1) is 67.1 Å². The van der Waals surface area contributed by atoms with E-state index in [0.29, 0.717) is 45.1 Å². The monoisotopic (exact) mass is 743 g/mol. The van der Waals surface area contributed by atoms with E-state index in [1.165, 1.54) is 0 Å². The van der Waals surface area contributed by atoms with Crippen LogP contribution in [0, 0.1) is 11.8 Å². The van der Waals surface area contributed by atoms with Gasteiger partial charge in [-0.25, -0.2) is 0 Å². The molecule has 0 radical (unpaired) electrons. The first-order chi connectivity index (χ1) is 25.6. The third-order valence-electron chi connectivity index (χ3n) is 14.1.